The fourth-order valence-electron chi connectivity index (χ4n) is 1.75. The summed E-state index contributed by atoms with van der Waals surface area (Å²) < 4.78 is 11.0. The van der Waals surface area contributed by atoms with Crippen molar-refractivity contribution in [1.82, 2.24) is 0 Å². The van der Waals surface area contributed by atoms with Crippen molar-refractivity contribution in [3.05, 3.63) is 17.7 Å². The lowest BCUT2D eigenvalue weighted by Crippen LogP contribution is -2.17. The lowest BCUT2D eigenvalue weighted by molar-refractivity contribution is 0.296. The molecule has 1 aromatic rings. The Kier molecular flexibility index (Phi) is 3.19. The van der Waals surface area contributed by atoms with Crippen molar-refractivity contribution in [3.8, 4) is 17.2 Å². The molecule has 0 radical (unpaired) electrons. The van der Waals surface area contributed by atoms with E-state index < -0.39 is 0 Å². The second-order valence-electron chi connectivity index (χ2n) is 4.16. The zero-order valence-electron chi connectivity index (χ0n) is 9.40. The van der Waals surface area contributed by atoms with E-state index in [1.165, 1.54) is 0 Å². The van der Waals surface area contributed by atoms with Crippen LogP contribution in [-0.2, 0) is 6.42 Å². The summed E-state index contributed by atoms with van der Waals surface area (Å²) in [6.45, 7) is 3.18. The molecular weight excluding hydrogens is 206 g/mol. The Bertz CT molecular complexity index is 377. The first-order chi connectivity index (χ1) is 7.66. The molecular formula is C12H17NO3. The Morgan fingerprint density at radius 3 is 2.56 bits per heavy atom. The molecule has 0 saturated heterocycles. The predicted molar refractivity (Wildman–Crippen MR) is 61.1 cm³/mol. The standard InChI is InChI=1S/C12H17NO3/c1-8(13)5-9-6-11-12(7-10(9)14)16-4-2-3-15-11/h6-8,14H,2-5,13H2,1H3. The predicted octanol–water partition coefficient (Wildman–Crippen LogP) is 1.44. The summed E-state index contributed by atoms with van der Waals surface area (Å²) >= 11 is 0. The van der Waals surface area contributed by atoms with Crippen LogP contribution >= 0.6 is 0 Å². The molecule has 1 heterocycles. The minimum Gasteiger partial charge on any atom is -0.508 e. The minimum absolute atomic E-state index is 0.00986. The van der Waals surface area contributed by atoms with Crippen LogP contribution in [0.3, 0.4) is 0 Å². The Morgan fingerprint density at radius 1 is 1.31 bits per heavy atom. The molecule has 0 aliphatic carbocycles. The Balaban J connectivity index is 2.31. The van der Waals surface area contributed by atoms with Crippen LogP contribution in [0, 0.1) is 0 Å². The van der Waals surface area contributed by atoms with Gasteiger partial charge in [0.15, 0.2) is 11.5 Å². The van der Waals surface area contributed by atoms with Gasteiger partial charge < -0.3 is 20.3 Å². The van der Waals surface area contributed by atoms with Crippen LogP contribution < -0.4 is 15.2 Å². The molecule has 0 saturated carbocycles. The summed E-state index contributed by atoms with van der Waals surface area (Å²) in [5, 5.41) is 9.82. The SMILES string of the molecule is CC(N)Cc1cc2c(cc1O)OCCCO2. The van der Waals surface area contributed by atoms with E-state index in [0.29, 0.717) is 31.1 Å². The van der Waals surface area contributed by atoms with Gasteiger partial charge in [-0.2, -0.15) is 0 Å². The number of hydrogen-bond donors (Lipinski definition) is 2. The van der Waals surface area contributed by atoms with Gasteiger partial charge in [0.05, 0.1) is 13.2 Å². The average Bonchev–Trinajstić information content (AvgIpc) is 2.42. The maximum absolute atomic E-state index is 9.82. The molecule has 4 heteroatoms. The van der Waals surface area contributed by atoms with E-state index in [0.717, 1.165) is 12.0 Å². The fourth-order valence-corrected chi connectivity index (χ4v) is 1.75. The van der Waals surface area contributed by atoms with E-state index in [-0.39, 0.29) is 11.8 Å². The first-order valence-electron chi connectivity index (χ1n) is 5.54. The molecule has 0 fully saturated rings. The minimum atomic E-state index is 0.00986. The number of phenolic OH excluding ortho intramolecular Hbond substituents is 1. The monoisotopic (exact) mass is 223 g/mol. The van der Waals surface area contributed by atoms with E-state index >= 15 is 0 Å². The van der Waals surface area contributed by atoms with Gasteiger partial charge in [-0.3, -0.25) is 0 Å². The van der Waals surface area contributed by atoms with Crippen LogP contribution in [0.15, 0.2) is 12.1 Å². The second kappa shape index (κ2) is 4.61. The Hall–Kier alpha value is -1.42. The van der Waals surface area contributed by atoms with Gasteiger partial charge in [0.2, 0.25) is 0 Å². The molecule has 88 valence electrons. The van der Waals surface area contributed by atoms with Gasteiger partial charge in [0.1, 0.15) is 5.75 Å². The molecule has 2 rings (SSSR count). The van der Waals surface area contributed by atoms with Crippen LogP contribution in [0.2, 0.25) is 0 Å². The number of ether oxygens (including phenoxy) is 2. The summed E-state index contributed by atoms with van der Waals surface area (Å²) in [5.41, 5.74) is 6.52. The van der Waals surface area contributed by atoms with Crippen LogP contribution in [0.4, 0.5) is 0 Å². The van der Waals surface area contributed by atoms with Crippen molar-refractivity contribution in [1.29, 1.82) is 0 Å². The number of fused-ring (bicyclic) bond motifs is 1. The highest BCUT2D eigenvalue weighted by Crippen LogP contribution is 2.36. The second-order valence-corrected chi connectivity index (χ2v) is 4.16. The lowest BCUT2D eigenvalue weighted by Gasteiger charge is -2.12. The molecule has 0 bridgehead atoms. The number of aromatic hydroxyl groups is 1. The van der Waals surface area contributed by atoms with E-state index in [2.05, 4.69) is 0 Å². The molecule has 16 heavy (non-hydrogen) atoms. The average molecular weight is 223 g/mol. The van der Waals surface area contributed by atoms with Gasteiger partial charge in [-0.25, -0.2) is 0 Å². The number of hydrogen-bond acceptors (Lipinski definition) is 4. The summed E-state index contributed by atoms with van der Waals surface area (Å²) in [6.07, 6.45) is 1.49. The van der Waals surface area contributed by atoms with Gasteiger partial charge >= 0.3 is 0 Å². The van der Waals surface area contributed by atoms with Crippen molar-refractivity contribution in [2.75, 3.05) is 13.2 Å². The molecule has 1 atom stereocenters. The zero-order valence-corrected chi connectivity index (χ0v) is 9.40. The van der Waals surface area contributed by atoms with Crippen molar-refractivity contribution in [3.63, 3.8) is 0 Å². The third-order valence-corrected chi connectivity index (χ3v) is 2.49. The number of nitrogens with two attached hydrogens (primary N) is 1. The maximum Gasteiger partial charge on any atom is 0.164 e. The Morgan fingerprint density at radius 2 is 1.94 bits per heavy atom. The number of rotatable bonds is 2. The van der Waals surface area contributed by atoms with E-state index in [1.807, 2.05) is 13.0 Å². The van der Waals surface area contributed by atoms with Gasteiger partial charge in [-0.15, -0.1) is 0 Å². The van der Waals surface area contributed by atoms with Crippen LogP contribution in [0.1, 0.15) is 18.9 Å². The molecule has 1 aromatic carbocycles. The van der Waals surface area contributed by atoms with Gasteiger partial charge in [-0.1, -0.05) is 0 Å². The van der Waals surface area contributed by atoms with Crippen LogP contribution in [0.5, 0.6) is 17.2 Å². The zero-order chi connectivity index (χ0) is 11.5. The molecule has 1 aliphatic rings. The van der Waals surface area contributed by atoms with Crippen molar-refractivity contribution in [2.45, 2.75) is 25.8 Å². The van der Waals surface area contributed by atoms with E-state index in [9.17, 15) is 5.11 Å². The summed E-state index contributed by atoms with van der Waals surface area (Å²) in [4.78, 5) is 0. The van der Waals surface area contributed by atoms with Crippen molar-refractivity contribution >= 4 is 0 Å². The largest absolute Gasteiger partial charge is 0.508 e. The van der Waals surface area contributed by atoms with E-state index in [4.69, 9.17) is 15.2 Å². The highest BCUT2D eigenvalue weighted by atomic mass is 16.5. The van der Waals surface area contributed by atoms with Crippen LogP contribution in [-0.4, -0.2) is 24.4 Å². The molecule has 0 spiro atoms. The first-order valence-corrected chi connectivity index (χ1v) is 5.54. The molecule has 4 nitrogen and oxygen atoms in total. The van der Waals surface area contributed by atoms with Crippen molar-refractivity contribution in [2.24, 2.45) is 5.73 Å². The smallest absolute Gasteiger partial charge is 0.164 e. The quantitative estimate of drug-likeness (QED) is 0.796. The van der Waals surface area contributed by atoms with Gasteiger partial charge in [0.25, 0.3) is 0 Å². The lowest BCUT2D eigenvalue weighted by atomic mass is 10.1. The Labute approximate surface area is 95.0 Å². The molecule has 0 amide bonds. The number of phenols is 1. The molecule has 1 unspecified atom stereocenters. The fraction of sp³-hybridized carbons (Fsp3) is 0.500. The van der Waals surface area contributed by atoms with Crippen molar-refractivity contribution < 1.29 is 14.6 Å². The van der Waals surface area contributed by atoms with E-state index in [1.54, 1.807) is 6.07 Å². The summed E-state index contributed by atoms with van der Waals surface area (Å²) in [5.74, 6) is 1.54. The molecule has 1 aliphatic heterocycles. The highest BCUT2D eigenvalue weighted by molar-refractivity contribution is 5.50. The molecule has 0 aromatic heterocycles. The summed E-state index contributed by atoms with van der Waals surface area (Å²) in [7, 11) is 0. The maximum atomic E-state index is 9.82. The first kappa shape index (κ1) is 11.1. The summed E-state index contributed by atoms with van der Waals surface area (Å²) in [6, 6.07) is 3.44. The highest BCUT2D eigenvalue weighted by Gasteiger charge is 2.15. The van der Waals surface area contributed by atoms with Crippen LogP contribution in [0.25, 0.3) is 0 Å². The molecule has 3 N–H and O–H groups in total. The normalized spacial score (nSPS) is 16.6. The number of benzene rings is 1. The van der Waals surface area contributed by atoms with Gasteiger partial charge in [-0.05, 0) is 25.0 Å². The topological polar surface area (TPSA) is 64.7 Å². The van der Waals surface area contributed by atoms with Gasteiger partial charge in [0, 0.05) is 18.5 Å². The third kappa shape index (κ3) is 2.39. The third-order valence-electron chi connectivity index (χ3n) is 2.49.